The summed E-state index contributed by atoms with van der Waals surface area (Å²) in [6.07, 6.45) is 3.23. The summed E-state index contributed by atoms with van der Waals surface area (Å²) in [4.78, 5) is 31.6. The Kier molecular flexibility index (Phi) is 5.56. The van der Waals surface area contributed by atoms with Crippen LogP contribution in [0.3, 0.4) is 0 Å². The summed E-state index contributed by atoms with van der Waals surface area (Å²) in [5, 5.41) is 2.85. The molecule has 0 saturated carbocycles. The van der Waals surface area contributed by atoms with Gasteiger partial charge in [0, 0.05) is 19.3 Å². The molecule has 27 heavy (non-hydrogen) atoms. The molecule has 3 N–H and O–H groups in total. The molecule has 1 saturated heterocycles. The van der Waals surface area contributed by atoms with Crippen LogP contribution in [0.4, 0.5) is 5.82 Å². The van der Waals surface area contributed by atoms with Gasteiger partial charge in [0.2, 0.25) is 11.8 Å². The van der Waals surface area contributed by atoms with Gasteiger partial charge in [-0.25, -0.2) is 4.98 Å². The minimum absolute atomic E-state index is 0.109. The van der Waals surface area contributed by atoms with Crippen molar-refractivity contribution in [2.75, 3.05) is 18.4 Å². The highest BCUT2D eigenvalue weighted by Crippen LogP contribution is 2.25. The highest BCUT2D eigenvalue weighted by molar-refractivity contribution is 5.93. The number of nitrogens with two attached hydrogens (primary N) is 1. The molecule has 0 radical (unpaired) electrons. The number of amides is 2. The van der Waals surface area contributed by atoms with Crippen LogP contribution in [0.5, 0.6) is 0 Å². The first kappa shape index (κ1) is 19.0. The van der Waals surface area contributed by atoms with E-state index in [1.807, 2.05) is 43.3 Å². The third-order valence-electron chi connectivity index (χ3n) is 5.06. The Bertz CT molecular complexity index is 803. The third kappa shape index (κ3) is 4.34. The number of aromatic nitrogens is 1. The van der Waals surface area contributed by atoms with Crippen molar-refractivity contribution in [2.45, 2.75) is 32.2 Å². The van der Waals surface area contributed by atoms with Crippen molar-refractivity contribution in [2.24, 2.45) is 11.7 Å². The van der Waals surface area contributed by atoms with Gasteiger partial charge in [-0.1, -0.05) is 36.4 Å². The van der Waals surface area contributed by atoms with E-state index >= 15 is 0 Å². The van der Waals surface area contributed by atoms with Crippen LogP contribution in [0.25, 0.3) is 0 Å². The van der Waals surface area contributed by atoms with Crippen LogP contribution >= 0.6 is 0 Å². The highest BCUT2D eigenvalue weighted by atomic mass is 16.2. The number of likely N-dealkylation sites (tertiary alicyclic amines) is 1. The predicted octanol–water partition coefficient (Wildman–Crippen LogP) is 2.44. The van der Waals surface area contributed by atoms with Crippen molar-refractivity contribution in [1.82, 2.24) is 9.88 Å². The van der Waals surface area contributed by atoms with E-state index in [0.717, 1.165) is 24.0 Å². The average Bonchev–Trinajstić information content (AvgIpc) is 2.70. The fourth-order valence-corrected chi connectivity index (χ4v) is 3.38. The monoisotopic (exact) mass is 366 g/mol. The minimum atomic E-state index is -1.11. The quantitative estimate of drug-likeness (QED) is 0.870. The SMILES string of the molecule is Cc1ccc(NC(=O)C2CCCN(C(=O)C(C)(N)c3ccccc3)C2)nc1. The average molecular weight is 366 g/mol. The largest absolute Gasteiger partial charge is 0.340 e. The van der Waals surface area contributed by atoms with Crippen LogP contribution < -0.4 is 11.1 Å². The second-order valence-electron chi connectivity index (χ2n) is 7.37. The van der Waals surface area contributed by atoms with Crippen LogP contribution in [-0.4, -0.2) is 34.8 Å². The lowest BCUT2D eigenvalue weighted by Crippen LogP contribution is -2.54. The maximum atomic E-state index is 13.0. The van der Waals surface area contributed by atoms with E-state index in [-0.39, 0.29) is 17.7 Å². The maximum absolute atomic E-state index is 13.0. The zero-order valence-electron chi connectivity index (χ0n) is 15.8. The second-order valence-corrected chi connectivity index (χ2v) is 7.37. The Morgan fingerprint density at radius 2 is 1.96 bits per heavy atom. The molecule has 3 rings (SSSR count). The van der Waals surface area contributed by atoms with Gasteiger partial charge in [-0.2, -0.15) is 0 Å². The van der Waals surface area contributed by atoms with Crippen LogP contribution in [0, 0.1) is 12.8 Å². The summed E-state index contributed by atoms with van der Waals surface area (Å²) >= 11 is 0. The van der Waals surface area contributed by atoms with Gasteiger partial charge in [0.1, 0.15) is 11.4 Å². The van der Waals surface area contributed by atoms with Gasteiger partial charge in [0.25, 0.3) is 0 Å². The molecular weight excluding hydrogens is 340 g/mol. The number of anilines is 1. The van der Waals surface area contributed by atoms with Crippen molar-refractivity contribution >= 4 is 17.6 Å². The zero-order chi connectivity index (χ0) is 19.4. The molecule has 2 unspecified atom stereocenters. The van der Waals surface area contributed by atoms with Crippen LogP contribution in [0.2, 0.25) is 0 Å². The molecule has 2 atom stereocenters. The number of piperidine rings is 1. The molecule has 6 heteroatoms. The number of benzene rings is 1. The van der Waals surface area contributed by atoms with E-state index in [4.69, 9.17) is 5.73 Å². The molecule has 2 amide bonds. The molecule has 1 aliphatic heterocycles. The standard InChI is InChI=1S/C21H26N4O2/c1-15-10-11-18(23-13-15)24-19(26)16-7-6-12-25(14-16)20(27)21(2,22)17-8-4-3-5-9-17/h3-5,8-11,13,16H,6-7,12,14,22H2,1-2H3,(H,23,24,26). The van der Waals surface area contributed by atoms with Crippen LogP contribution in [0.1, 0.15) is 30.9 Å². The molecule has 0 spiro atoms. The topological polar surface area (TPSA) is 88.3 Å². The Balaban J connectivity index is 1.67. The van der Waals surface area contributed by atoms with Crippen LogP contribution in [-0.2, 0) is 15.1 Å². The molecule has 0 bridgehead atoms. The van der Waals surface area contributed by atoms with Crippen molar-refractivity contribution in [3.63, 3.8) is 0 Å². The molecule has 1 fully saturated rings. The molecule has 1 aliphatic rings. The Morgan fingerprint density at radius 1 is 1.22 bits per heavy atom. The summed E-state index contributed by atoms with van der Waals surface area (Å²) in [6.45, 7) is 4.66. The molecule has 1 aromatic carbocycles. The first-order valence-corrected chi connectivity index (χ1v) is 9.25. The first-order valence-electron chi connectivity index (χ1n) is 9.25. The van der Waals surface area contributed by atoms with E-state index in [0.29, 0.717) is 18.9 Å². The molecule has 2 heterocycles. The number of rotatable bonds is 4. The lowest BCUT2D eigenvalue weighted by atomic mass is 9.89. The smallest absolute Gasteiger partial charge is 0.246 e. The highest BCUT2D eigenvalue weighted by Gasteiger charge is 2.37. The number of carbonyl (C=O) groups excluding carboxylic acids is 2. The number of nitrogens with zero attached hydrogens (tertiary/aromatic N) is 2. The van der Waals surface area contributed by atoms with Gasteiger partial charge in [-0.3, -0.25) is 9.59 Å². The second kappa shape index (κ2) is 7.88. The summed E-state index contributed by atoms with van der Waals surface area (Å²) in [6, 6.07) is 13.0. The third-order valence-corrected chi connectivity index (χ3v) is 5.06. The number of aryl methyl sites for hydroxylation is 1. The molecule has 1 aromatic heterocycles. The minimum Gasteiger partial charge on any atom is -0.340 e. The van der Waals surface area contributed by atoms with Crippen molar-refractivity contribution < 1.29 is 9.59 Å². The molecule has 142 valence electrons. The molecule has 0 aliphatic carbocycles. The van der Waals surface area contributed by atoms with Crippen molar-refractivity contribution in [3.05, 3.63) is 59.8 Å². The fourth-order valence-electron chi connectivity index (χ4n) is 3.38. The normalized spacial score (nSPS) is 19.2. The first-order chi connectivity index (χ1) is 12.9. The van der Waals surface area contributed by atoms with E-state index in [1.165, 1.54) is 0 Å². The summed E-state index contributed by atoms with van der Waals surface area (Å²) in [5.74, 6) is 0.00123. The summed E-state index contributed by atoms with van der Waals surface area (Å²) in [5.41, 5.74) is 7.06. The molecular formula is C21H26N4O2. The van der Waals surface area contributed by atoms with Crippen molar-refractivity contribution in [1.29, 1.82) is 0 Å². The van der Waals surface area contributed by atoms with E-state index in [1.54, 1.807) is 24.1 Å². The molecule has 2 aromatic rings. The van der Waals surface area contributed by atoms with Gasteiger partial charge in [-0.05, 0) is 43.9 Å². The Labute approximate surface area is 159 Å². The fraction of sp³-hybridized carbons (Fsp3) is 0.381. The van der Waals surface area contributed by atoms with Crippen LogP contribution in [0.15, 0.2) is 48.7 Å². The van der Waals surface area contributed by atoms with Crippen molar-refractivity contribution in [3.8, 4) is 0 Å². The van der Waals surface area contributed by atoms with Gasteiger partial charge < -0.3 is 16.0 Å². The van der Waals surface area contributed by atoms with Gasteiger partial charge in [-0.15, -0.1) is 0 Å². The Hall–Kier alpha value is -2.73. The number of hydrogen-bond donors (Lipinski definition) is 2. The number of hydrogen-bond acceptors (Lipinski definition) is 4. The van der Waals surface area contributed by atoms with Gasteiger partial charge >= 0.3 is 0 Å². The number of carbonyl (C=O) groups is 2. The van der Waals surface area contributed by atoms with Gasteiger partial charge in [0.05, 0.1) is 5.92 Å². The summed E-state index contributed by atoms with van der Waals surface area (Å²) in [7, 11) is 0. The van der Waals surface area contributed by atoms with Gasteiger partial charge in [0.15, 0.2) is 0 Å². The molecule has 6 nitrogen and oxygen atoms in total. The number of nitrogens with one attached hydrogen (secondary N) is 1. The Morgan fingerprint density at radius 3 is 2.63 bits per heavy atom. The van der Waals surface area contributed by atoms with E-state index in [2.05, 4.69) is 10.3 Å². The number of pyridine rings is 1. The predicted molar refractivity (Wildman–Crippen MR) is 105 cm³/mol. The maximum Gasteiger partial charge on any atom is 0.246 e. The lowest BCUT2D eigenvalue weighted by Gasteiger charge is -2.37. The van der Waals surface area contributed by atoms with E-state index in [9.17, 15) is 9.59 Å². The van der Waals surface area contributed by atoms with E-state index < -0.39 is 5.54 Å². The lowest BCUT2D eigenvalue weighted by molar-refractivity contribution is -0.139. The zero-order valence-corrected chi connectivity index (χ0v) is 15.8. The summed E-state index contributed by atoms with van der Waals surface area (Å²) < 4.78 is 0.